The third kappa shape index (κ3) is 7.67. The average molecular weight is 258 g/mol. The van der Waals surface area contributed by atoms with Crippen LogP contribution in [0.4, 0.5) is 0 Å². The fraction of sp³-hybridized carbons (Fsp3) is 0.929. The lowest BCUT2D eigenvalue weighted by Gasteiger charge is -2.26. The van der Waals surface area contributed by atoms with Gasteiger partial charge in [-0.05, 0) is 26.3 Å². The SMILES string of the molecule is CCCCCCCOCCC(C)(NCC)C(N)=O. The molecule has 0 aliphatic rings. The van der Waals surface area contributed by atoms with E-state index >= 15 is 0 Å². The Kier molecular flexibility index (Phi) is 9.98. The van der Waals surface area contributed by atoms with E-state index in [1.165, 1.54) is 25.7 Å². The molecular weight excluding hydrogens is 228 g/mol. The Hall–Kier alpha value is -0.610. The first-order valence-corrected chi connectivity index (χ1v) is 7.19. The Morgan fingerprint density at radius 1 is 1.17 bits per heavy atom. The lowest BCUT2D eigenvalue weighted by atomic mass is 9.97. The Morgan fingerprint density at radius 3 is 2.39 bits per heavy atom. The molecule has 1 atom stereocenters. The Balaban J connectivity index is 3.59. The second-order valence-electron chi connectivity index (χ2n) is 5.00. The zero-order chi connectivity index (χ0) is 13.9. The molecule has 0 aliphatic carbocycles. The van der Waals surface area contributed by atoms with Crippen molar-refractivity contribution in [3.8, 4) is 0 Å². The number of likely N-dealkylation sites (N-methyl/N-ethyl adjacent to an activating group) is 1. The highest BCUT2D eigenvalue weighted by molar-refractivity contribution is 5.84. The Morgan fingerprint density at radius 2 is 1.83 bits per heavy atom. The molecule has 0 radical (unpaired) electrons. The Bertz CT molecular complexity index is 222. The standard InChI is InChI=1S/C14H30N2O2/c1-4-6-7-8-9-11-18-12-10-14(3,13(15)17)16-5-2/h16H,4-12H2,1-3H3,(H2,15,17). The van der Waals surface area contributed by atoms with Crippen molar-refractivity contribution in [2.45, 2.75) is 64.8 Å². The number of rotatable bonds is 12. The molecule has 0 aliphatic heterocycles. The third-order valence-electron chi connectivity index (χ3n) is 3.25. The van der Waals surface area contributed by atoms with Crippen LogP contribution in [0.5, 0.6) is 0 Å². The molecule has 0 fully saturated rings. The summed E-state index contributed by atoms with van der Waals surface area (Å²) in [6.45, 7) is 8.11. The van der Waals surface area contributed by atoms with Gasteiger partial charge in [0.05, 0.1) is 5.54 Å². The van der Waals surface area contributed by atoms with Gasteiger partial charge in [0, 0.05) is 13.2 Å². The molecule has 0 rings (SSSR count). The van der Waals surface area contributed by atoms with Crippen molar-refractivity contribution in [2.75, 3.05) is 19.8 Å². The van der Waals surface area contributed by atoms with Gasteiger partial charge in [0.15, 0.2) is 0 Å². The first-order chi connectivity index (χ1) is 8.56. The number of primary amides is 1. The van der Waals surface area contributed by atoms with Crippen LogP contribution in [0.15, 0.2) is 0 Å². The molecule has 4 heteroatoms. The monoisotopic (exact) mass is 258 g/mol. The van der Waals surface area contributed by atoms with Crippen LogP contribution in [0.2, 0.25) is 0 Å². The topological polar surface area (TPSA) is 64.3 Å². The molecule has 0 aromatic rings. The van der Waals surface area contributed by atoms with Crippen molar-refractivity contribution in [3.63, 3.8) is 0 Å². The minimum absolute atomic E-state index is 0.309. The second kappa shape index (κ2) is 10.3. The molecule has 0 aromatic carbocycles. The van der Waals surface area contributed by atoms with Crippen molar-refractivity contribution in [3.05, 3.63) is 0 Å². The maximum atomic E-state index is 11.4. The van der Waals surface area contributed by atoms with Gasteiger partial charge >= 0.3 is 0 Å². The van der Waals surface area contributed by atoms with Crippen LogP contribution in [-0.2, 0) is 9.53 Å². The lowest BCUT2D eigenvalue weighted by Crippen LogP contribution is -2.53. The number of hydrogen-bond acceptors (Lipinski definition) is 3. The van der Waals surface area contributed by atoms with Gasteiger partial charge in [0.2, 0.25) is 5.91 Å². The summed E-state index contributed by atoms with van der Waals surface area (Å²) in [5.74, 6) is -0.309. The maximum absolute atomic E-state index is 11.4. The summed E-state index contributed by atoms with van der Waals surface area (Å²) in [4.78, 5) is 11.4. The molecule has 0 aromatic heterocycles. The fourth-order valence-corrected chi connectivity index (χ4v) is 1.87. The molecule has 18 heavy (non-hydrogen) atoms. The second-order valence-corrected chi connectivity index (χ2v) is 5.00. The highest BCUT2D eigenvalue weighted by Crippen LogP contribution is 2.09. The maximum Gasteiger partial charge on any atom is 0.237 e. The molecule has 108 valence electrons. The number of ether oxygens (including phenoxy) is 1. The quantitative estimate of drug-likeness (QED) is 0.528. The predicted molar refractivity (Wildman–Crippen MR) is 75.5 cm³/mol. The number of amides is 1. The predicted octanol–water partition coefficient (Wildman–Crippen LogP) is 2.22. The molecule has 1 amide bonds. The molecule has 1 unspecified atom stereocenters. The smallest absolute Gasteiger partial charge is 0.237 e. The Labute approximate surface area is 112 Å². The molecule has 3 N–H and O–H groups in total. The summed E-state index contributed by atoms with van der Waals surface area (Å²) < 4.78 is 5.56. The number of nitrogens with two attached hydrogens (primary N) is 1. The van der Waals surface area contributed by atoms with E-state index in [0.29, 0.717) is 13.0 Å². The minimum Gasteiger partial charge on any atom is -0.381 e. The molecule has 0 saturated heterocycles. The summed E-state index contributed by atoms with van der Waals surface area (Å²) in [5, 5.41) is 3.12. The van der Waals surface area contributed by atoms with Crippen molar-refractivity contribution in [2.24, 2.45) is 5.73 Å². The summed E-state index contributed by atoms with van der Waals surface area (Å²) in [5.41, 5.74) is 4.75. The van der Waals surface area contributed by atoms with E-state index in [2.05, 4.69) is 12.2 Å². The van der Waals surface area contributed by atoms with Gasteiger partial charge in [0.25, 0.3) is 0 Å². The van der Waals surface area contributed by atoms with Crippen molar-refractivity contribution < 1.29 is 9.53 Å². The van der Waals surface area contributed by atoms with Crippen LogP contribution in [0, 0.1) is 0 Å². The van der Waals surface area contributed by atoms with E-state index in [0.717, 1.165) is 19.6 Å². The summed E-state index contributed by atoms with van der Waals surface area (Å²) >= 11 is 0. The first-order valence-electron chi connectivity index (χ1n) is 7.19. The number of carbonyl (C=O) groups is 1. The van der Waals surface area contributed by atoms with Crippen LogP contribution < -0.4 is 11.1 Å². The van der Waals surface area contributed by atoms with Gasteiger partial charge in [-0.1, -0.05) is 39.5 Å². The first kappa shape index (κ1) is 17.4. The molecule has 0 spiro atoms. The van der Waals surface area contributed by atoms with Gasteiger partial charge in [-0.15, -0.1) is 0 Å². The van der Waals surface area contributed by atoms with Gasteiger partial charge in [0.1, 0.15) is 0 Å². The van der Waals surface area contributed by atoms with E-state index in [1.807, 2.05) is 13.8 Å². The van der Waals surface area contributed by atoms with Crippen LogP contribution in [0.1, 0.15) is 59.3 Å². The molecular formula is C14H30N2O2. The van der Waals surface area contributed by atoms with E-state index in [9.17, 15) is 4.79 Å². The zero-order valence-electron chi connectivity index (χ0n) is 12.3. The van der Waals surface area contributed by atoms with E-state index < -0.39 is 5.54 Å². The number of carbonyl (C=O) groups excluding carboxylic acids is 1. The highest BCUT2D eigenvalue weighted by Gasteiger charge is 2.29. The number of nitrogens with one attached hydrogen (secondary N) is 1. The molecule has 0 heterocycles. The number of unbranched alkanes of at least 4 members (excludes halogenated alkanes) is 4. The van der Waals surface area contributed by atoms with Crippen molar-refractivity contribution in [1.29, 1.82) is 0 Å². The van der Waals surface area contributed by atoms with Crippen LogP contribution in [-0.4, -0.2) is 31.2 Å². The highest BCUT2D eigenvalue weighted by atomic mass is 16.5. The normalized spacial score (nSPS) is 14.4. The number of hydrogen-bond donors (Lipinski definition) is 2. The van der Waals surface area contributed by atoms with Crippen molar-refractivity contribution in [1.82, 2.24) is 5.32 Å². The lowest BCUT2D eigenvalue weighted by molar-refractivity contribution is -0.124. The fourth-order valence-electron chi connectivity index (χ4n) is 1.87. The van der Waals surface area contributed by atoms with Gasteiger partial charge < -0.3 is 15.8 Å². The van der Waals surface area contributed by atoms with E-state index in [-0.39, 0.29) is 5.91 Å². The molecule has 4 nitrogen and oxygen atoms in total. The van der Waals surface area contributed by atoms with Gasteiger partial charge in [-0.3, -0.25) is 4.79 Å². The van der Waals surface area contributed by atoms with Crippen molar-refractivity contribution >= 4 is 5.91 Å². The minimum atomic E-state index is -0.642. The molecule has 0 bridgehead atoms. The summed E-state index contributed by atoms with van der Waals surface area (Å²) in [7, 11) is 0. The third-order valence-corrected chi connectivity index (χ3v) is 3.25. The molecule has 0 saturated carbocycles. The largest absolute Gasteiger partial charge is 0.381 e. The van der Waals surface area contributed by atoms with Crippen LogP contribution >= 0.6 is 0 Å². The zero-order valence-corrected chi connectivity index (χ0v) is 12.3. The van der Waals surface area contributed by atoms with Gasteiger partial charge in [-0.2, -0.15) is 0 Å². The van der Waals surface area contributed by atoms with Crippen LogP contribution in [0.25, 0.3) is 0 Å². The summed E-state index contributed by atoms with van der Waals surface area (Å²) in [6, 6.07) is 0. The summed E-state index contributed by atoms with van der Waals surface area (Å²) in [6.07, 6.45) is 6.82. The average Bonchev–Trinajstić information content (AvgIpc) is 2.33. The van der Waals surface area contributed by atoms with E-state index in [4.69, 9.17) is 10.5 Å². The van der Waals surface area contributed by atoms with Gasteiger partial charge in [-0.25, -0.2) is 0 Å². The van der Waals surface area contributed by atoms with Crippen LogP contribution in [0.3, 0.4) is 0 Å². The van der Waals surface area contributed by atoms with E-state index in [1.54, 1.807) is 0 Å².